The summed E-state index contributed by atoms with van der Waals surface area (Å²) in [5, 5.41) is 32.1. The number of alkyl halides is 1. The first-order valence-corrected chi connectivity index (χ1v) is 9.57. The van der Waals surface area contributed by atoms with Crippen LogP contribution in [0.2, 0.25) is 0 Å². The minimum atomic E-state index is -3.97. The predicted molar refractivity (Wildman–Crippen MR) is 94.9 cm³/mol. The van der Waals surface area contributed by atoms with E-state index in [2.05, 4.69) is 0 Å². The van der Waals surface area contributed by atoms with Gasteiger partial charge in [0.1, 0.15) is 11.9 Å². The predicted octanol–water partition coefficient (Wildman–Crippen LogP) is 1.88. The largest absolute Gasteiger partial charge is 0.477 e. The molecule has 0 saturated carbocycles. The highest BCUT2D eigenvalue weighted by Gasteiger charge is 2.38. The lowest BCUT2D eigenvalue weighted by molar-refractivity contribution is -0.394. The van der Waals surface area contributed by atoms with E-state index in [0.717, 1.165) is 17.2 Å². The molecule has 0 aliphatic carbocycles. The Balaban J connectivity index is 3.87. The molecule has 1 aromatic carbocycles. The molecule has 0 aliphatic heterocycles. The molecule has 0 saturated heterocycles. The number of halogens is 1. The van der Waals surface area contributed by atoms with Crippen molar-refractivity contribution < 1.29 is 32.3 Å². The zero-order valence-electron chi connectivity index (χ0n) is 14.4. The Hall–Kier alpha value is -2.51. The van der Waals surface area contributed by atoms with Gasteiger partial charge in [-0.05, 0) is 19.4 Å². The van der Waals surface area contributed by atoms with Crippen LogP contribution >= 0.6 is 11.6 Å². The van der Waals surface area contributed by atoms with Crippen LogP contribution in [0, 0.1) is 27.2 Å². The summed E-state index contributed by atoms with van der Waals surface area (Å²) in [7, 11) is -3.97. The molecule has 1 unspecified atom stereocenters. The number of anilines is 1. The number of aromatic carboxylic acids is 1. The fraction of sp³-hybridized carbons (Fsp3) is 0.462. The highest BCUT2D eigenvalue weighted by molar-refractivity contribution is 7.86. The number of carbonyl (C=O) groups is 1. The number of nitrogens with zero attached hydrogens (tertiary/aromatic N) is 3. The van der Waals surface area contributed by atoms with Gasteiger partial charge in [-0.3, -0.25) is 20.2 Å². The SMILES string of the molecule is Cc1cc([N+](=O)[O-])c(C(=O)O)c([N+](=O)[O-])c1N(CCCl)C(C)OS(C)(=O)=O. The lowest BCUT2D eigenvalue weighted by atomic mass is 10.0. The standard InChI is InChI=1S/C13H16ClN3O9S/c1-7-6-9(16(20)21)10(13(18)19)12(17(22)23)11(7)15(5-4-14)8(2)26-27(3,24)25/h6,8H,4-5H2,1-3H3,(H,18,19). The van der Waals surface area contributed by atoms with E-state index in [0.29, 0.717) is 0 Å². The Morgan fingerprint density at radius 2 is 1.93 bits per heavy atom. The average molecular weight is 426 g/mol. The molecule has 1 atom stereocenters. The van der Waals surface area contributed by atoms with Crippen molar-refractivity contribution in [2.45, 2.75) is 20.1 Å². The summed E-state index contributed by atoms with van der Waals surface area (Å²) in [6, 6.07) is 0.861. The Kier molecular flexibility index (Phi) is 7.05. The lowest BCUT2D eigenvalue weighted by Crippen LogP contribution is -2.39. The first kappa shape index (κ1) is 22.5. The van der Waals surface area contributed by atoms with Crippen molar-refractivity contribution in [3.05, 3.63) is 37.4 Å². The Morgan fingerprint density at radius 3 is 2.30 bits per heavy atom. The minimum Gasteiger partial charge on any atom is -0.477 e. The Labute approximate surface area is 158 Å². The van der Waals surface area contributed by atoms with Crippen LogP contribution in [0.1, 0.15) is 22.8 Å². The van der Waals surface area contributed by atoms with Crippen LogP contribution in [0.4, 0.5) is 17.1 Å². The van der Waals surface area contributed by atoms with E-state index in [-0.39, 0.29) is 23.7 Å². The second-order valence-corrected chi connectivity index (χ2v) is 7.36. The first-order chi connectivity index (χ1) is 12.3. The number of nitro groups is 2. The van der Waals surface area contributed by atoms with Gasteiger partial charge in [0.2, 0.25) is 5.56 Å². The van der Waals surface area contributed by atoms with Gasteiger partial charge in [0.25, 0.3) is 15.8 Å². The molecule has 0 amide bonds. The summed E-state index contributed by atoms with van der Waals surface area (Å²) in [6.45, 7) is 2.39. The van der Waals surface area contributed by atoms with Crippen molar-refractivity contribution in [2.75, 3.05) is 23.6 Å². The molecule has 0 aliphatic rings. The van der Waals surface area contributed by atoms with Crippen molar-refractivity contribution >= 4 is 44.8 Å². The molecule has 1 rings (SSSR count). The van der Waals surface area contributed by atoms with E-state index in [9.17, 15) is 38.5 Å². The minimum absolute atomic E-state index is 0.0209. The second kappa shape index (κ2) is 8.45. The van der Waals surface area contributed by atoms with Crippen molar-refractivity contribution in [3.8, 4) is 0 Å². The molecule has 150 valence electrons. The average Bonchev–Trinajstić information content (AvgIpc) is 2.49. The highest BCUT2D eigenvalue weighted by atomic mass is 35.5. The molecule has 0 bridgehead atoms. The summed E-state index contributed by atoms with van der Waals surface area (Å²) < 4.78 is 27.6. The summed E-state index contributed by atoms with van der Waals surface area (Å²) >= 11 is 5.69. The number of benzene rings is 1. The van der Waals surface area contributed by atoms with E-state index in [4.69, 9.17) is 15.8 Å². The summed E-state index contributed by atoms with van der Waals surface area (Å²) in [4.78, 5) is 33.2. The van der Waals surface area contributed by atoms with E-state index in [1.807, 2.05) is 0 Å². The van der Waals surface area contributed by atoms with Gasteiger partial charge in [-0.25, -0.2) is 8.98 Å². The maximum absolute atomic E-state index is 11.6. The van der Waals surface area contributed by atoms with Gasteiger partial charge in [0, 0.05) is 18.5 Å². The van der Waals surface area contributed by atoms with Crippen molar-refractivity contribution in [1.82, 2.24) is 0 Å². The third kappa shape index (κ3) is 5.24. The monoisotopic (exact) mass is 425 g/mol. The van der Waals surface area contributed by atoms with Crippen molar-refractivity contribution in [1.29, 1.82) is 0 Å². The first-order valence-electron chi connectivity index (χ1n) is 7.22. The quantitative estimate of drug-likeness (QED) is 0.202. The molecule has 0 fully saturated rings. The van der Waals surface area contributed by atoms with Gasteiger partial charge in [0.15, 0.2) is 0 Å². The van der Waals surface area contributed by atoms with Crippen molar-refractivity contribution in [3.63, 3.8) is 0 Å². The Morgan fingerprint density at radius 1 is 1.37 bits per heavy atom. The third-order valence-electron chi connectivity index (χ3n) is 3.40. The van der Waals surface area contributed by atoms with Crippen LogP contribution < -0.4 is 4.90 Å². The molecule has 27 heavy (non-hydrogen) atoms. The second-order valence-electron chi connectivity index (χ2n) is 5.39. The summed E-state index contributed by atoms with van der Waals surface area (Å²) in [5.41, 5.74) is -3.50. The number of rotatable bonds is 9. The maximum Gasteiger partial charge on any atom is 0.349 e. The van der Waals surface area contributed by atoms with E-state index in [1.165, 1.54) is 13.8 Å². The molecule has 12 nitrogen and oxygen atoms in total. The third-order valence-corrected chi connectivity index (χ3v) is 4.20. The molecule has 0 spiro atoms. The van der Waals surface area contributed by atoms with Crippen LogP contribution in [0.5, 0.6) is 0 Å². The van der Waals surface area contributed by atoms with E-state index in [1.54, 1.807) is 0 Å². The van der Waals surface area contributed by atoms with Gasteiger partial charge in [0.05, 0.1) is 16.1 Å². The number of carboxylic acid groups (broad SMARTS) is 1. The maximum atomic E-state index is 11.6. The Bertz CT molecular complexity index is 888. The van der Waals surface area contributed by atoms with Crippen LogP contribution in [0.25, 0.3) is 0 Å². The van der Waals surface area contributed by atoms with Crippen LogP contribution in [-0.4, -0.2) is 54.2 Å². The molecule has 1 N–H and O–H groups in total. The molecule has 14 heteroatoms. The van der Waals surface area contributed by atoms with E-state index < -0.39 is 49.1 Å². The number of nitro benzene ring substituents is 2. The van der Waals surface area contributed by atoms with Gasteiger partial charge >= 0.3 is 11.7 Å². The normalized spacial score (nSPS) is 12.4. The number of aryl methyl sites for hydroxylation is 1. The lowest BCUT2D eigenvalue weighted by Gasteiger charge is -2.30. The van der Waals surface area contributed by atoms with Crippen LogP contribution in [0.15, 0.2) is 6.07 Å². The zero-order chi connectivity index (χ0) is 21.1. The van der Waals surface area contributed by atoms with Crippen molar-refractivity contribution in [2.24, 2.45) is 0 Å². The molecule has 0 heterocycles. The fourth-order valence-electron chi connectivity index (χ4n) is 2.54. The van der Waals surface area contributed by atoms with Gasteiger partial charge in [-0.2, -0.15) is 8.42 Å². The number of hydrogen-bond donors (Lipinski definition) is 1. The van der Waals surface area contributed by atoms with E-state index >= 15 is 0 Å². The summed E-state index contributed by atoms with van der Waals surface area (Å²) in [6.07, 6.45) is -0.526. The smallest absolute Gasteiger partial charge is 0.349 e. The van der Waals surface area contributed by atoms with Gasteiger partial charge in [-0.1, -0.05) is 0 Å². The van der Waals surface area contributed by atoms with Crippen LogP contribution in [-0.2, 0) is 14.3 Å². The zero-order valence-corrected chi connectivity index (χ0v) is 16.0. The van der Waals surface area contributed by atoms with Gasteiger partial charge < -0.3 is 10.0 Å². The van der Waals surface area contributed by atoms with Gasteiger partial charge in [-0.15, -0.1) is 11.6 Å². The molecular weight excluding hydrogens is 410 g/mol. The molecule has 0 radical (unpaired) electrons. The van der Waals surface area contributed by atoms with Crippen LogP contribution in [0.3, 0.4) is 0 Å². The molecule has 1 aromatic rings. The highest BCUT2D eigenvalue weighted by Crippen LogP contribution is 2.41. The summed E-state index contributed by atoms with van der Waals surface area (Å²) in [5.74, 6) is -2.00. The topological polar surface area (TPSA) is 170 Å². The molecule has 0 aromatic heterocycles. The fourth-order valence-corrected chi connectivity index (χ4v) is 3.33. The number of carboxylic acids is 1. The molecular formula is C13H16ClN3O9S. The number of hydrogen-bond acceptors (Lipinski definition) is 9.